The minimum Gasteiger partial charge on any atom is -0.274 e. The summed E-state index contributed by atoms with van der Waals surface area (Å²) in [6, 6.07) is 17.9. The van der Waals surface area contributed by atoms with Crippen molar-refractivity contribution in [2.24, 2.45) is 0 Å². The molecule has 4 rings (SSSR count). The fraction of sp³-hybridized carbons (Fsp3) is 0.167. The Balaban J connectivity index is 1.83. The van der Waals surface area contributed by atoms with Crippen LogP contribution < -0.4 is 4.90 Å². The molecule has 2 amide bonds. The van der Waals surface area contributed by atoms with E-state index in [9.17, 15) is 18.0 Å². The normalized spacial score (nSPS) is 17.4. The first-order valence-corrected chi connectivity index (χ1v) is 13.5. The molecule has 0 spiro atoms. The van der Waals surface area contributed by atoms with Gasteiger partial charge in [-0.2, -0.15) is 4.31 Å². The van der Waals surface area contributed by atoms with Gasteiger partial charge in [-0.3, -0.25) is 9.59 Å². The second-order valence-electron chi connectivity index (χ2n) is 7.76. The van der Waals surface area contributed by atoms with Crippen LogP contribution in [0.15, 0.2) is 77.7 Å². The number of anilines is 1. The largest absolute Gasteiger partial charge is 0.274 e. The number of imide groups is 1. The summed E-state index contributed by atoms with van der Waals surface area (Å²) in [6.45, 7) is 1.68. The van der Waals surface area contributed by atoms with Gasteiger partial charge >= 0.3 is 0 Å². The molecule has 3 aromatic rings. The van der Waals surface area contributed by atoms with E-state index in [1.54, 1.807) is 55.5 Å². The highest BCUT2D eigenvalue weighted by atomic mass is 127. The van der Waals surface area contributed by atoms with Gasteiger partial charge in [-0.05, 0) is 77.5 Å². The molecule has 1 heterocycles. The molecule has 3 aromatic carbocycles. The van der Waals surface area contributed by atoms with Crippen LogP contribution in [0.1, 0.15) is 24.9 Å². The van der Waals surface area contributed by atoms with Crippen LogP contribution in [0.2, 0.25) is 10.0 Å². The Labute approximate surface area is 221 Å². The summed E-state index contributed by atoms with van der Waals surface area (Å²) in [5, 5.41) is 0.158. The Morgan fingerprint density at radius 3 is 2.29 bits per heavy atom. The summed E-state index contributed by atoms with van der Waals surface area (Å²) in [6.07, 6.45) is -0.292. The molecule has 1 fully saturated rings. The molecule has 0 N–H and O–H groups in total. The van der Waals surface area contributed by atoms with Crippen molar-refractivity contribution < 1.29 is 18.0 Å². The third kappa shape index (κ3) is 4.74. The maximum Gasteiger partial charge on any atom is 0.252 e. The van der Waals surface area contributed by atoms with E-state index in [0.717, 1.165) is 12.8 Å². The number of halogens is 3. The molecule has 0 aromatic heterocycles. The Morgan fingerprint density at radius 2 is 1.65 bits per heavy atom. The van der Waals surface area contributed by atoms with Gasteiger partial charge in [0.05, 0.1) is 17.1 Å². The zero-order valence-corrected chi connectivity index (χ0v) is 22.3. The fourth-order valence-corrected chi connectivity index (χ4v) is 6.85. The summed E-state index contributed by atoms with van der Waals surface area (Å²) in [5.74, 6) is -1.09. The van der Waals surface area contributed by atoms with E-state index in [0.29, 0.717) is 11.3 Å². The van der Waals surface area contributed by atoms with E-state index >= 15 is 0 Å². The van der Waals surface area contributed by atoms with Crippen molar-refractivity contribution in [2.45, 2.75) is 30.3 Å². The molecule has 1 saturated heterocycles. The lowest BCUT2D eigenvalue weighted by Gasteiger charge is -2.32. The van der Waals surface area contributed by atoms with E-state index in [1.807, 2.05) is 6.07 Å². The second-order valence-corrected chi connectivity index (χ2v) is 11.7. The molecule has 1 aliphatic rings. The van der Waals surface area contributed by atoms with Crippen LogP contribution in [-0.2, 0) is 19.6 Å². The zero-order chi connectivity index (χ0) is 24.6. The maximum absolute atomic E-state index is 13.9. The second kappa shape index (κ2) is 9.94. The predicted molar refractivity (Wildman–Crippen MR) is 140 cm³/mol. The van der Waals surface area contributed by atoms with Gasteiger partial charge in [0.25, 0.3) is 5.91 Å². The van der Waals surface area contributed by atoms with Gasteiger partial charge in [0.1, 0.15) is 10.9 Å². The summed E-state index contributed by atoms with van der Waals surface area (Å²) in [4.78, 5) is 27.3. The van der Waals surface area contributed by atoms with Crippen molar-refractivity contribution in [3.63, 3.8) is 0 Å². The molecule has 0 aliphatic carbocycles. The number of carbonyl (C=O) groups excluding carboxylic acids is 2. The minimum absolute atomic E-state index is 0.0269. The van der Waals surface area contributed by atoms with E-state index in [1.165, 1.54) is 18.2 Å². The van der Waals surface area contributed by atoms with Crippen LogP contribution in [0.5, 0.6) is 0 Å². The van der Waals surface area contributed by atoms with Crippen molar-refractivity contribution in [1.82, 2.24) is 4.31 Å². The third-order valence-corrected chi connectivity index (χ3v) is 9.04. The number of carbonyl (C=O) groups is 2. The first-order valence-electron chi connectivity index (χ1n) is 10.3. The number of benzene rings is 3. The maximum atomic E-state index is 13.9. The first-order chi connectivity index (χ1) is 16.1. The molecule has 6 nitrogen and oxygen atoms in total. The van der Waals surface area contributed by atoms with Crippen LogP contribution in [0.3, 0.4) is 0 Å². The average Bonchev–Trinajstić information content (AvgIpc) is 3.09. The van der Waals surface area contributed by atoms with E-state index in [4.69, 9.17) is 23.2 Å². The molecule has 34 heavy (non-hydrogen) atoms. The number of rotatable bonds is 6. The lowest BCUT2D eigenvalue weighted by Crippen LogP contribution is -2.46. The zero-order valence-electron chi connectivity index (χ0n) is 17.9. The number of nitrogens with zero attached hydrogens (tertiary/aromatic N) is 2. The standard InChI is InChI=1S/C24H19Cl2IN2O4S/c1-15(16-5-3-2-4-6-16)29(34(32,33)22-13-17(25)7-12-20(22)26)21-14-23(30)28(24(21)31)19-10-8-18(27)9-11-19/h2-13,15,21H,14H2,1H3. The minimum atomic E-state index is -4.34. The van der Waals surface area contributed by atoms with Crippen molar-refractivity contribution in [3.8, 4) is 0 Å². The summed E-state index contributed by atoms with van der Waals surface area (Å²) in [7, 11) is -4.34. The molecule has 0 bridgehead atoms. The van der Waals surface area contributed by atoms with Crippen LogP contribution in [0, 0.1) is 3.57 Å². The van der Waals surface area contributed by atoms with Crippen molar-refractivity contribution >= 4 is 73.3 Å². The van der Waals surface area contributed by atoms with Gasteiger partial charge in [-0.1, -0.05) is 53.5 Å². The van der Waals surface area contributed by atoms with Crippen LogP contribution >= 0.6 is 45.8 Å². The average molecular weight is 629 g/mol. The molecule has 1 aliphatic heterocycles. The molecule has 2 unspecified atom stereocenters. The van der Waals surface area contributed by atoms with Crippen LogP contribution in [0.4, 0.5) is 5.69 Å². The molecule has 0 radical (unpaired) electrons. The Bertz CT molecular complexity index is 1350. The Kier molecular flexibility index (Phi) is 7.35. The van der Waals surface area contributed by atoms with Gasteiger partial charge in [-0.25, -0.2) is 13.3 Å². The van der Waals surface area contributed by atoms with Crippen molar-refractivity contribution in [1.29, 1.82) is 0 Å². The summed E-state index contributed by atoms with van der Waals surface area (Å²) >= 11 is 14.5. The quantitative estimate of drug-likeness (QED) is 0.260. The molecule has 2 atom stereocenters. The predicted octanol–water partition coefficient (Wildman–Crippen LogP) is 5.68. The van der Waals surface area contributed by atoms with Gasteiger partial charge in [0.15, 0.2) is 0 Å². The topological polar surface area (TPSA) is 74.8 Å². The molecular weight excluding hydrogens is 610 g/mol. The molecule has 0 saturated carbocycles. The van der Waals surface area contributed by atoms with E-state index < -0.39 is 33.9 Å². The lowest BCUT2D eigenvalue weighted by atomic mass is 10.1. The first kappa shape index (κ1) is 25.1. The smallest absolute Gasteiger partial charge is 0.252 e. The number of hydrogen-bond acceptors (Lipinski definition) is 4. The van der Waals surface area contributed by atoms with Crippen molar-refractivity contribution in [2.75, 3.05) is 4.90 Å². The van der Waals surface area contributed by atoms with E-state index in [2.05, 4.69) is 22.6 Å². The highest BCUT2D eigenvalue weighted by Gasteiger charge is 2.49. The third-order valence-electron chi connectivity index (χ3n) is 5.63. The molecule has 10 heteroatoms. The summed E-state index contributed by atoms with van der Waals surface area (Å²) in [5.41, 5.74) is 1.06. The highest BCUT2D eigenvalue weighted by molar-refractivity contribution is 14.1. The SMILES string of the molecule is CC(c1ccccc1)N(C1CC(=O)N(c2ccc(I)cc2)C1=O)S(=O)(=O)c1cc(Cl)ccc1Cl. The van der Waals surface area contributed by atoms with Gasteiger partial charge in [0.2, 0.25) is 15.9 Å². The van der Waals surface area contributed by atoms with Gasteiger partial charge < -0.3 is 0 Å². The number of amides is 2. The lowest BCUT2D eigenvalue weighted by molar-refractivity contribution is -0.122. The molecular formula is C24H19Cl2IN2O4S. The number of hydrogen-bond donors (Lipinski definition) is 0. The van der Waals surface area contributed by atoms with Gasteiger partial charge in [-0.15, -0.1) is 0 Å². The Morgan fingerprint density at radius 1 is 1.00 bits per heavy atom. The van der Waals surface area contributed by atoms with Crippen LogP contribution in [0.25, 0.3) is 0 Å². The fourth-order valence-electron chi connectivity index (χ4n) is 3.99. The van der Waals surface area contributed by atoms with Gasteiger partial charge in [0, 0.05) is 14.6 Å². The number of sulfonamides is 1. The monoisotopic (exact) mass is 628 g/mol. The van der Waals surface area contributed by atoms with E-state index in [-0.39, 0.29) is 21.4 Å². The van der Waals surface area contributed by atoms with Crippen LogP contribution in [-0.4, -0.2) is 30.6 Å². The Hall–Kier alpha value is -1.98. The van der Waals surface area contributed by atoms with Crippen molar-refractivity contribution in [3.05, 3.63) is 92.0 Å². The molecule has 176 valence electrons. The summed E-state index contributed by atoms with van der Waals surface area (Å²) < 4.78 is 29.9. The highest BCUT2D eigenvalue weighted by Crippen LogP contribution is 2.38.